The maximum absolute atomic E-state index is 10.4. The van der Waals surface area contributed by atoms with E-state index in [1.54, 1.807) is 18.0 Å². The van der Waals surface area contributed by atoms with E-state index in [9.17, 15) is 10.2 Å². The molecule has 1 aliphatic heterocycles. The number of methoxy groups -OCH3 is 2. The minimum absolute atomic E-state index is 0.141. The summed E-state index contributed by atoms with van der Waals surface area (Å²) in [4.78, 5) is 13.1. The normalized spacial score (nSPS) is 33.8. The largest absolute Gasteiger partial charge is 0.387 e. The van der Waals surface area contributed by atoms with Crippen molar-refractivity contribution in [3.63, 3.8) is 0 Å². The maximum Gasteiger partial charge on any atom is 0.167 e. The minimum atomic E-state index is -1.11. The molecule has 2 aromatic heterocycles. The minimum Gasteiger partial charge on any atom is -0.387 e. The Hall–Kier alpha value is -1.85. The number of aromatic nitrogens is 4. The summed E-state index contributed by atoms with van der Waals surface area (Å²) >= 11 is 0. The number of imidazole rings is 1. The Kier molecular flexibility index (Phi) is 5.24. The number of nitrogens with zero attached hydrogens (tertiary/aromatic N) is 4. The Balaban J connectivity index is 1.61. The summed E-state index contributed by atoms with van der Waals surface area (Å²) in [6.45, 7) is 0.184. The summed E-state index contributed by atoms with van der Waals surface area (Å²) in [7, 11) is 3.24. The van der Waals surface area contributed by atoms with Gasteiger partial charge in [-0.15, -0.1) is 0 Å². The van der Waals surface area contributed by atoms with Crippen LogP contribution in [0.2, 0.25) is 0 Å². The van der Waals surface area contributed by atoms with E-state index in [0.29, 0.717) is 17.0 Å². The smallest absolute Gasteiger partial charge is 0.167 e. The second-order valence-electron chi connectivity index (χ2n) is 7.00. The van der Waals surface area contributed by atoms with E-state index < -0.39 is 24.5 Å². The van der Waals surface area contributed by atoms with Gasteiger partial charge < -0.3 is 29.7 Å². The first kappa shape index (κ1) is 18.5. The highest BCUT2D eigenvalue weighted by Crippen LogP contribution is 2.33. The van der Waals surface area contributed by atoms with E-state index in [1.165, 1.54) is 13.4 Å². The second-order valence-corrected chi connectivity index (χ2v) is 7.00. The third-order valence-electron chi connectivity index (χ3n) is 5.38. The fourth-order valence-electron chi connectivity index (χ4n) is 3.95. The fourth-order valence-corrected chi connectivity index (χ4v) is 3.95. The zero-order chi connectivity index (χ0) is 19.0. The number of hydrogen-bond donors (Lipinski definition) is 3. The lowest BCUT2D eigenvalue weighted by atomic mass is 10.1. The van der Waals surface area contributed by atoms with Gasteiger partial charge in [0.1, 0.15) is 24.6 Å². The average Bonchev–Trinajstić information content (AvgIpc) is 3.36. The first-order valence-corrected chi connectivity index (χ1v) is 9.11. The van der Waals surface area contributed by atoms with Gasteiger partial charge >= 0.3 is 0 Å². The molecule has 2 aliphatic rings. The molecule has 0 aromatic carbocycles. The van der Waals surface area contributed by atoms with Gasteiger partial charge in [-0.1, -0.05) is 0 Å². The highest BCUT2D eigenvalue weighted by molar-refractivity contribution is 5.82. The number of fused-ring (bicyclic) bond motifs is 1. The molecule has 27 heavy (non-hydrogen) atoms. The predicted octanol–water partition coefficient (Wildman–Crippen LogP) is 0.0713. The molecule has 0 amide bonds. The Morgan fingerprint density at radius 1 is 1.22 bits per heavy atom. The molecule has 2 aromatic rings. The Morgan fingerprint density at radius 2 is 2.07 bits per heavy atom. The van der Waals surface area contributed by atoms with Gasteiger partial charge in [-0.2, -0.15) is 0 Å². The summed E-state index contributed by atoms with van der Waals surface area (Å²) in [5.74, 6) is 0.620. The van der Waals surface area contributed by atoms with Crippen LogP contribution in [0.3, 0.4) is 0 Å². The van der Waals surface area contributed by atoms with Crippen LogP contribution in [0.1, 0.15) is 25.5 Å². The van der Waals surface area contributed by atoms with Gasteiger partial charge in [0, 0.05) is 14.2 Å². The third kappa shape index (κ3) is 3.27. The van der Waals surface area contributed by atoms with Gasteiger partial charge in [0.15, 0.2) is 23.2 Å². The van der Waals surface area contributed by atoms with Crippen molar-refractivity contribution in [3.8, 4) is 0 Å². The first-order valence-electron chi connectivity index (χ1n) is 9.11. The molecule has 0 bridgehead atoms. The second kappa shape index (κ2) is 7.64. The van der Waals surface area contributed by atoms with Crippen LogP contribution in [-0.4, -0.2) is 81.0 Å². The highest BCUT2D eigenvalue weighted by atomic mass is 16.6. The van der Waals surface area contributed by atoms with Crippen molar-refractivity contribution in [1.29, 1.82) is 0 Å². The van der Waals surface area contributed by atoms with Crippen molar-refractivity contribution < 1.29 is 24.4 Å². The van der Waals surface area contributed by atoms with Crippen LogP contribution < -0.4 is 5.32 Å². The van der Waals surface area contributed by atoms with Crippen LogP contribution in [0.25, 0.3) is 11.2 Å². The van der Waals surface area contributed by atoms with Crippen molar-refractivity contribution in [2.45, 2.75) is 55.9 Å². The molecule has 0 unspecified atom stereocenters. The van der Waals surface area contributed by atoms with Crippen molar-refractivity contribution >= 4 is 17.0 Å². The maximum atomic E-state index is 10.4. The molecule has 3 N–H and O–H groups in total. The van der Waals surface area contributed by atoms with Crippen LogP contribution in [0.4, 0.5) is 5.82 Å². The lowest BCUT2D eigenvalue weighted by Crippen LogP contribution is -2.33. The van der Waals surface area contributed by atoms with Crippen molar-refractivity contribution in [1.82, 2.24) is 19.5 Å². The van der Waals surface area contributed by atoms with E-state index in [2.05, 4.69) is 20.3 Å². The van der Waals surface area contributed by atoms with Gasteiger partial charge in [-0.3, -0.25) is 4.57 Å². The molecule has 0 radical (unpaired) electrons. The van der Waals surface area contributed by atoms with Crippen LogP contribution in [-0.2, 0) is 14.2 Å². The van der Waals surface area contributed by atoms with E-state index in [-0.39, 0.29) is 18.8 Å². The molecule has 10 heteroatoms. The molecule has 2 fully saturated rings. The first-order chi connectivity index (χ1) is 13.1. The molecule has 4 rings (SSSR count). The molecular weight excluding hydrogens is 354 g/mol. The van der Waals surface area contributed by atoms with Crippen LogP contribution in [0.5, 0.6) is 0 Å². The number of nitrogens with one attached hydrogen (secondary N) is 1. The lowest BCUT2D eigenvalue weighted by Gasteiger charge is -2.20. The summed E-state index contributed by atoms with van der Waals surface area (Å²) in [6, 6.07) is 0.166. The Morgan fingerprint density at radius 3 is 2.85 bits per heavy atom. The quantitative estimate of drug-likeness (QED) is 0.639. The number of aliphatic hydroxyl groups excluding tert-OH is 2. The zero-order valence-electron chi connectivity index (χ0n) is 15.4. The molecule has 148 valence electrons. The third-order valence-corrected chi connectivity index (χ3v) is 5.38. The van der Waals surface area contributed by atoms with Crippen LogP contribution in [0, 0.1) is 0 Å². The molecule has 1 saturated heterocycles. The lowest BCUT2D eigenvalue weighted by molar-refractivity contribution is -0.0580. The number of hydrogen-bond acceptors (Lipinski definition) is 9. The summed E-state index contributed by atoms with van der Waals surface area (Å²) in [5.41, 5.74) is 1.11. The highest BCUT2D eigenvalue weighted by Gasteiger charge is 2.44. The van der Waals surface area contributed by atoms with Crippen LogP contribution in [0.15, 0.2) is 12.7 Å². The van der Waals surface area contributed by atoms with Gasteiger partial charge in [0.25, 0.3) is 0 Å². The molecular formula is C17H25N5O5. The van der Waals surface area contributed by atoms with E-state index in [0.717, 1.165) is 19.3 Å². The van der Waals surface area contributed by atoms with Crippen molar-refractivity contribution in [2.24, 2.45) is 0 Å². The van der Waals surface area contributed by atoms with E-state index >= 15 is 0 Å². The Bertz CT molecular complexity index is 786. The standard InChI is InChI=1S/C17H25N5O5/c1-25-6-11-13(23)14(24)17(27-11)22-8-20-12-15(18-7-19-16(12)22)21-9-4-3-5-10(9)26-2/h7-11,13-14,17,23-24H,3-6H2,1-2H3,(H,18,19,21)/t9-,10-,11+,13+,14+,17+/m0/s1. The molecule has 1 aliphatic carbocycles. The fraction of sp³-hybridized carbons (Fsp3) is 0.706. The number of anilines is 1. The SMILES string of the molecule is COC[C@H]1O[C@@H](n2cnc3c(N[C@H]4CCC[C@@H]4OC)ncnc32)[C@H](O)[C@@H]1O. The van der Waals surface area contributed by atoms with Gasteiger partial charge in [-0.25, -0.2) is 15.0 Å². The number of aliphatic hydroxyl groups is 2. The van der Waals surface area contributed by atoms with Crippen molar-refractivity contribution in [3.05, 3.63) is 12.7 Å². The Labute approximate surface area is 156 Å². The van der Waals surface area contributed by atoms with Crippen molar-refractivity contribution in [2.75, 3.05) is 26.1 Å². The molecule has 1 saturated carbocycles. The number of ether oxygens (including phenoxy) is 3. The van der Waals surface area contributed by atoms with Gasteiger partial charge in [-0.05, 0) is 19.3 Å². The summed E-state index contributed by atoms with van der Waals surface area (Å²) in [6.07, 6.45) is 2.67. The average molecular weight is 379 g/mol. The molecule has 10 nitrogen and oxygen atoms in total. The molecule has 0 spiro atoms. The topological polar surface area (TPSA) is 124 Å². The predicted molar refractivity (Wildman–Crippen MR) is 95.2 cm³/mol. The van der Waals surface area contributed by atoms with E-state index in [1.807, 2.05) is 0 Å². The molecule has 3 heterocycles. The monoisotopic (exact) mass is 379 g/mol. The van der Waals surface area contributed by atoms with Crippen LogP contribution >= 0.6 is 0 Å². The van der Waals surface area contributed by atoms with Gasteiger partial charge in [0.05, 0.1) is 25.1 Å². The summed E-state index contributed by atoms with van der Waals surface area (Å²) in [5, 5.41) is 24.0. The molecule has 6 atom stereocenters. The van der Waals surface area contributed by atoms with Gasteiger partial charge in [0.2, 0.25) is 0 Å². The van der Waals surface area contributed by atoms with E-state index in [4.69, 9.17) is 14.2 Å². The number of rotatable bonds is 6. The summed E-state index contributed by atoms with van der Waals surface area (Å²) < 4.78 is 18.0. The zero-order valence-corrected chi connectivity index (χ0v) is 15.4.